The average Bonchev–Trinajstić information content (AvgIpc) is 2.68. The molecule has 1 aromatic heterocycles. The van der Waals surface area contributed by atoms with Crippen molar-refractivity contribution in [1.29, 1.82) is 0 Å². The Bertz CT molecular complexity index is 1230. The number of nitrogens with zero attached hydrogens (tertiary/aromatic N) is 3. The van der Waals surface area contributed by atoms with Crippen molar-refractivity contribution >= 4 is 49.8 Å². The molecule has 11 heteroatoms. The second-order valence-corrected chi connectivity index (χ2v) is 8.26. The molecular formula is C17H17ClFN5O3S. The summed E-state index contributed by atoms with van der Waals surface area (Å²) in [6, 6.07) is 7.40. The number of rotatable bonds is 5. The van der Waals surface area contributed by atoms with Gasteiger partial charge < -0.3 is 9.88 Å². The van der Waals surface area contributed by atoms with Crippen molar-refractivity contribution < 1.29 is 12.8 Å². The van der Waals surface area contributed by atoms with Crippen molar-refractivity contribution in [3.05, 3.63) is 57.9 Å². The second kappa shape index (κ2) is 7.38. The maximum atomic E-state index is 15.0. The van der Waals surface area contributed by atoms with Gasteiger partial charge in [-0.1, -0.05) is 11.6 Å². The predicted octanol–water partition coefficient (Wildman–Crippen LogP) is 2.37. The zero-order valence-corrected chi connectivity index (χ0v) is 16.8. The van der Waals surface area contributed by atoms with E-state index in [1.54, 1.807) is 19.2 Å². The zero-order valence-electron chi connectivity index (χ0n) is 15.2. The number of hydrogen-bond acceptors (Lipinski definition) is 5. The van der Waals surface area contributed by atoms with Gasteiger partial charge in [0, 0.05) is 26.8 Å². The zero-order chi connectivity index (χ0) is 20.6. The molecule has 0 bridgehead atoms. The van der Waals surface area contributed by atoms with Crippen LogP contribution >= 0.6 is 11.6 Å². The summed E-state index contributed by atoms with van der Waals surface area (Å²) in [5, 5.41) is 3.22. The Morgan fingerprint density at radius 1 is 1.25 bits per heavy atom. The summed E-state index contributed by atoms with van der Waals surface area (Å²) in [4.78, 5) is 16.4. The van der Waals surface area contributed by atoms with Gasteiger partial charge in [0.25, 0.3) is 5.56 Å². The van der Waals surface area contributed by atoms with Gasteiger partial charge in [-0.05, 0) is 30.3 Å². The van der Waals surface area contributed by atoms with E-state index >= 15 is 4.39 Å². The third-order valence-corrected chi connectivity index (χ3v) is 5.96. The lowest BCUT2D eigenvalue weighted by atomic mass is 10.2. The first-order valence-corrected chi connectivity index (χ1v) is 9.85. The highest BCUT2D eigenvalue weighted by Crippen LogP contribution is 2.35. The van der Waals surface area contributed by atoms with Gasteiger partial charge >= 0.3 is 10.2 Å². The van der Waals surface area contributed by atoms with Crippen LogP contribution in [0.4, 0.5) is 21.5 Å². The highest BCUT2D eigenvalue weighted by molar-refractivity contribution is 7.90. The largest absolute Gasteiger partial charge is 0.352 e. The van der Waals surface area contributed by atoms with Gasteiger partial charge in [0.05, 0.1) is 33.6 Å². The van der Waals surface area contributed by atoms with Crippen molar-refractivity contribution in [2.45, 2.75) is 0 Å². The number of aryl methyl sites for hydroxylation is 1. The Morgan fingerprint density at radius 3 is 2.64 bits per heavy atom. The van der Waals surface area contributed by atoms with Crippen LogP contribution in [-0.4, -0.2) is 32.1 Å². The molecule has 2 aromatic carbocycles. The number of halogens is 2. The van der Waals surface area contributed by atoms with Gasteiger partial charge in [-0.3, -0.25) is 9.10 Å². The van der Waals surface area contributed by atoms with Crippen LogP contribution in [0.2, 0.25) is 5.02 Å². The molecule has 0 unspecified atom stereocenters. The van der Waals surface area contributed by atoms with E-state index in [1.165, 1.54) is 43.2 Å². The number of hydrogen-bond donors (Lipinski definition) is 2. The third kappa shape index (κ3) is 3.53. The highest BCUT2D eigenvalue weighted by Gasteiger charge is 2.22. The van der Waals surface area contributed by atoms with E-state index in [0.717, 1.165) is 4.31 Å². The van der Waals surface area contributed by atoms with Crippen LogP contribution in [0.25, 0.3) is 10.9 Å². The lowest BCUT2D eigenvalue weighted by Gasteiger charge is -2.21. The van der Waals surface area contributed by atoms with Crippen LogP contribution in [0.15, 0.2) is 41.5 Å². The molecule has 8 nitrogen and oxygen atoms in total. The van der Waals surface area contributed by atoms with Crippen LogP contribution in [-0.2, 0) is 17.3 Å². The molecule has 28 heavy (non-hydrogen) atoms. The molecule has 0 amide bonds. The fourth-order valence-corrected chi connectivity index (χ4v) is 3.47. The molecule has 0 atom stereocenters. The van der Waals surface area contributed by atoms with Crippen LogP contribution in [0.3, 0.4) is 0 Å². The van der Waals surface area contributed by atoms with E-state index in [-0.39, 0.29) is 22.0 Å². The van der Waals surface area contributed by atoms with Gasteiger partial charge in [-0.2, -0.15) is 8.42 Å². The van der Waals surface area contributed by atoms with Crippen molar-refractivity contribution in [2.75, 3.05) is 23.7 Å². The van der Waals surface area contributed by atoms with Crippen molar-refractivity contribution in [3.8, 4) is 0 Å². The monoisotopic (exact) mass is 425 g/mol. The molecule has 3 aromatic rings. The van der Waals surface area contributed by atoms with Gasteiger partial charge in [0.1, 0.15) is 0 Å². The van der Waals surface area contributed by atoms with E-state index in [4.69, 9.17) is 11.6 Å². The summed E-state index contributed by atoms with van der Waals surface area (Å²) in [7, 11) is 0.121. The Labute approximate surface area is 165 Å². The van der Waals surface area contributed by atoms with E-state index in [9.17, 15) is 13.2 Å². The molecule has 0 saturated carbocycles. The first-order chi connectivity index (χ1) is 13.2. The Hall–Kier alpha value is -2.69. The average molecular weight is 426 g/mol. The summed E-state index contributed by atoms with van der Waals surface area (Å²) in [6.07, 6.45) is 1.41. The van der Waals surface area contributed by atoms with Gasteiger partial charge in [0.15, 0.2) is 5.82 Å². The van der Waals surface area contributed by atoms with Gasteiger partial charge in [-0.25, -0.2) is 14.1 Å². The smallest absolute Gasteiger partial charge is 0.301 e. The molecule has 0 aliphatic rings. The maximum Gasteiger partial charge on any atom is 0.301 e. The number of aromatic nitrogens is 2. The Kier molecular flexibility index (Phi) is 5.28. The summed E-state index contributed by atoms with van der Waals surface area (Å²) in [5.74, 6) is -0.854. The first-order valence-electron chi connectivity index (χ1n) is 8.03. The molecule has 0 aliphatic heterocycles. The number of fused-ring (bicyclic) bond motifs is 1. The third-order valence-electron chi connectivity index (χ3n) is 4.22. The normalized spacial score (nSPS) is 11.6. The number of anilines is 3. The molecule has 2 N–H and O–H groups in total. The van der Waals surface area contributed by atoms with Crippen LogP contribution in [0.1, 0.15) is 0 Å². The lowest BCUT2D eigenvalue weighted by molar-refractivity contribution is 0.583. The fourth-order valence-electron chi connectivity index (χ4n) is 2.60. The molecule has 0 spiro atoms. The van der Waals surface area contributed by atoms with E-state index in [2.05, 4.69) is 15.0 Å². The maximum absolute atomic E-state index is 15.0. The number of benzene rings is 2. The summed E-state index contributed by atoms with van der Waals surface area (Å²) < 4.78 is 43.2. The minimum atomic E-state index is -3.90. The minimum absolute atomic E-state index is 0.0516. The molecule has 0 fully saturated rings. The van der Waals surface area contributed by atoms with E-state index < -0.39 is 16.0 Å². The number of nitrogens with one attached hydrogen (secondary N) is 2. The topological polar surface area (TPSA) is 96.3 Å². The van der Waals surface area contributed by atoms with Crippen molar-refractivity contribution in [3.63, 3.8) is 0 Å². The first kappa shape index (κ1) is 20.1. The Balaban J connectivity index is 2.08. The SMILES string of the molecule is CNS(=O)(=O)N(C)c1ccc(Cl)c(Nc2ccc3ncn(C)c(=O)c3c2)c1F. The summed E-state index contributed by atoms with van der Waals surface area (Å²) in [5.41, 5.74) is 0.328. The molecular weight excluding hydrogens is 409 g/mol. The standard InChI is InChI=1S/C17H17ClFN5O3S/c1-20-28(26,27)24(3)14-7-5-12(18)16(15(14)19)22-10-4-6-13-11(8-10)17(25)23(2)9-21-13/h4-9,20,22H,1-3H3. The predicted molar refractivity (Wildman–Crippen MR) is 108 cm³/mol. The summed E-state index contributed by atoms with van der Waals surface area (Å²) in [6.45, 7) is 0. The van der Waals surface area contributed by atoms with Crippen LogP contribution in [0.5, 0.6) is 0 Å². The molecule has 0 radical (unpaired) electrons. The molecule has 148 valence electrons. The Morgan fingerprint density at radius 2 is 1.96 bits per heavy atom. The van der Waals surface area contributed by atoms with Gasteiger partial charge in [-0.15, -0.1) is 0 Å². The minimum Gasteiger partial charge on any atom is -0.352 e. The lowest BCUT2D eigenvalue weighted by Crippen LogP contribution is -2.36. The molecule has 3 rings (SSSR count). The van der Waals surface area contributed by atoms with Crippen LogP contribution in [0, 0.1) is 5.82 Å². The second-order valence-electron chi connectivity index (χ2n) is 5.95. The van der Waals surface area contributed by atoms with Gasteiger partial charge in [0.2, 0.25) is 0 Å². The van der Waals surface area contributed by atoms with E-state index in [0.29, 0.717) is 16.6 Å². The quantitative estimate of drug-likeness (QED) is 0.654. The highest BCUT2D eigenvalue weighted by atomic mass is 35.5. The van der Waals surface area contributed by atoms with Crippen molar-refractivity contribution in [1.82, 2.24) is 14.3 Å². The molecule has 0 aliphatic carbocycles. The van der Waals surface area contributed by atoms with E-state index in [1.807, 2.05) is 0 Å². The molecule has 0 saturated heterocycles. The van der Waals surface area contributed by atoms with Crippen molar-refractivity contribution in [2.24, 2.45) is 7.05 Å². The molecule has 1 heterocycles. The van der Waals surface area contributed by atoms with Crippen LogP contribution < -0.4 is 19.9 Å². The fraction of sp³-hybridized carbons (Fsp3) is 0.176. The summed E-state index contributed by atoms with van der Waals surface area (Å²) >= 11 is 6.11.